The van der Waals surface area contributed by atoms with E-state index in [4.69, 9.17) is 4.84 Å². The first-order valence-electron chi connectivity index (χ1n) is 12.2. The van der Waals surface area contributed by atoms with Crippen LogP contribution in [0.25, 0.3) is 0 Å². The molecule has 3 aliphatic heterocycles. The summed E-state index contributed by atoms with van der Waals surface area (Å²) in [6.07, 6.45) is 6.19. The van der Waals surface area contributed by atoms with E-state index in [-0.39, 0.29) is 11.9 Å². The molecule has 3 heterocycles. The van der Waals surface area contributed by atoms with Crippen molar-refractivity contribution in [1.29, 1.82) is 0 Å². The number of amides is 1. The zero-order chi connectivity index (χ0) is 21.9. The van der Waals surface area contributed by atoms with E-state index in [9.17, 15) is 4.79 Å². The first kappa shape index (κ1) is 21.5. The number of likely N-dealkylation sites (tertiary alicyclic amines) is 1. The van der Waals surface area contributed by atoms with Gasteiger partial charge < -0.3 is 9.80 Å². The number of carbonyl (C=O) groups is 1. The molecule has 32 heavy (non-hydrogen) atoms. The zero-order valence-electron chi connectivity index (χ0n) is 19.2. The SMILES string of the molecule is CN1OC[C@@H]2CN(C(=O)CCc3ccccc3)[C@H](c3ccc(N4CCCCC4)cc3)C[C@@H]21. The first-order chi connectivity index (χ1) is 15.7. The molecule has 0 bridgehead atoms. The number of hydrogen-bond donors (Lipinski definition) is 0. The number of benzene rings is 2. The molecule has 0 N–H and O–H groups in total. The van der Waals surface area contributed by atoms with Gasteiger partial charge in [0.1, 0.15) is 0 Å². The van der Waals surface area contributed by atoms with Gasteiger partial charge in [0.2, 0.25) is 5.91 Å². The normalized spacial score (nSPS) is 26.2. The van der Waals surface area contributed by atoms with Crippen LogP contribution in [0.15, 0.2) is 54.6 Å². The predicted octanol–water partition coefficient (Wildman–Crippen LogP) is 4.44. The third kappa shape index (κ3) is 4.55. The number of anilines is 1. The highest BCUT2D eigenvalue weighted by molar-refractivity contribution is 5.77. The van der Waals surface area contributed by atoms with Crippen LogP contribution in [0, 0.1) is 5.92 Å². The second kappa shape index (κ2) is 9.63. The molecule has 5 nitrogen and oxygen atoms in total. The van der Waals surface area contributed by atoms with Crippen LogP contribution < -0.4 is 4.90 Å². The van der Waals surface area contributed by atoms with Crippen molar-refractivity contribution < 1.29 is 9.63 Å². The maximum atomic E-state index is 13.4. The Labute approximate surface area is 191 Å². The van der Waals surface area contributed by atoms with E-state index in [1.807, 2.05) is 30.3 Å². The number of carbonyl (C=O) groups excluding carboxylic acids is 1. The summed E-state index contributed by atoms with van der Waals surface area (Å²) in [5, 5.41) is 2.02. The fourth-order valence-electron chi connectivity index (χ4n) is 5.66. The van der Waals surface area contributed by atoms with Gasteiger partial charge in [0.15, 0.2) is 0 Å². The van der Waals surface area contributed by atoms with E-state index in [1.54, 1.807) is 0 Å². The van der Waals surface area contributed by atoms with Gasteiger partial charge in [-0.1, -0.05) is 42.5 Å². The van der Waals surface area contributed by atoms with Crippen LogP contribution >= 0.6 is 0 Å². The molecular formula is C27H35N3O2. The molecule has 5 heteroatoms. The topological polar surface area (TPSA) is 36.0 Å². The minimum atomic E-state index is 0.110. The van der Waals surface area contributed by atoms with Crippen molar-refractivity contribution in [2.45, 2.75) is 50.6 Å². The van der Waals surface area contributed by atoms with Gasteiger partial charge in [-0.05, 0) is 55.4 Å². The molecule has 3 aliphatic rings. The summed E-state index contributed by atoms with van der Waals surface area (Å²) in [5.41, 5.74) is 3.78. The van der Waals surface area contributed by atoms with E-state index >= 15 is 0 Å². The molecule has 2 aromatic rings. The Kier molecular flexibility index (Phi) is 6.47. The largest absolute Gasteiger partial charge is 0.372 e. The van der Waals surface area contributed by atoms with E-state index in [1.165, 1.54) is 36.1 Å². The average molecular weight is 434 g/mol. The van der Waals surface area contributed by atoms with Gasteiger partial charge in [0.05, 0.1) is 12.6 Å². The lowest BCUT2D eigenvalue weighted by Crippen LogP contribution is -2.49. The number of hydroxylamine groups is 2. The molecule has 3 saturated heterocycles. The number of piperidine rings is 2. The zero-order valence-corrected chi connectivity index (χ0v) is 19.2. The van der Waals surface area contributed by atoms with Crippen LogP contribution in [0.2, 0.25) is 0 Å². The predicted molar refractivity (Wildman–Crippen MR) is 127 cm³/mol. The third-order valence-corrected chi connectivity index (χ3v) is 7.57. The molecule has 3 atom stereocenters. The molecule has 2 aromatic carbocycles. The molecule has 0 saturated carbocycles. The van der Waals surface area contributed by atoms with E-state index in [0.717, 1.165) is 32.5 Å². The van der Waals surface area contributed by atoms with Crippen molar-refractivity contribution in [1.82, 2.24) is 9.96 Å². The Hall–Kier alpha value is -2.37. The van der Waals surface area contributed by atoms with Crippen LogP contribution in [-0.2, 0) is 16.1 Å². The van der Waals surface area contributed by atoms with E-state index in [2.05, 4.69) is 46.2 Å². The molecule has 3 fully saturated rings. The highest BCUT2D eigenvalue weighted by Gasteiger charge is 2.44. The van der Waals surface area contributed by atoms with Crippen molar-refractivity contribution in [3.8, 4) is 0 Å². The number of fused-ring (bicyclic) bond motifs is 1. The van der Waals surface area contributed by atoms with Crippen molar-refractivity contribution in [2.24, 2.45) is 5.92 Å². The van der Waals surface area contributed by atoms with Crippen LogP contribution in [0.3, 0.4) is 0 Å². The van der Waals surface area contributed by atoms with Gasteiger partial charge in [-0.2, -0.15) is 5.06 Å². The number of aryl methyl sites for hydroxylation is 1. The van der Waals surface area contributed by atoms with Gasteiger partial charge in [-0.25, -0.2) is 0 Å². The Morgan fingerprint density at radius 2 is 1.75 bits per heavy atom. The first-order valence-corrected chi connectivity index (χ1v) is 12.2. The van der Waals surface area contributed by atoms with Gasteiger partial charge in [0, 0.05) is 50.7 Å². The maximum Gasteiger partial charge on any atom is 0.223 e. The number of rotatable bonds is 5. The Bertz CT molecular complexity index is 895. The smallest absolute Gasteiger partial charge is 0.223 e. The van der Waals surface area contributed by atoms with Crippen molar-refractivity contribution >= 4 is 11.6 Å². The summed E-state index contributed by atoms with van der Waals surface area (Å²) in [7, 11) is 2.04. The number of hydrogen-bond acceptors (Lipinski definition) is 4. The van der Waals surface area contributed by atoms with Crippen molar-refractivity contribution in [2.75, 3.05) is 38.2 Å². The quantitative estimate of drug-likeness (QED) is 0.698. The lowest BCUT2D eigenvalue weighted by Gasteiger charge is -2.42. The van der Waals surface area contributed by atoms with Gasteiger partial charge in [0.25, 0.3) is 0 Å². The van der Waals surface area contributed by atoms with Crippen molar-refractivity contribution in [3.63, 3.8) is 0 Å². The summed E-state index contributed by atoms with van der Waals surface area (Å²) < 4.78 is 0. The summed E-state index contributed by atoms with van der Waals surface area (Å²) in [4.78, 5) is 23.9. The third-order valence-electron chi connectivity index (χ3n) is 7.57. The lowest BCUT2D eigenvalue weighted by atomic mass is 9.85. The molecule has 5 rings (SSSR count). The minimum Gasteiger partial charge on any atom is -0.372 e. The van der Waals surface area contributed by atoms with Gasteiger partial charge in [-0.3, -0.25) is 9.63 Å². The molecule has 1 amide bonds. The molecular weight excluding hydrogens is 398 g/mol. The highest BCUT2D eigenvalue weighted by Crippen LogP contribution is 2.39. The Morgan fingerprint density at radius 3 is 2.50 bits per heavy atom. The molecule has 0 spiro atoms. The molecule has 0 aliphatic carbocycles. The molecule has 170 valence electrons. The van der Waals surface area contributed by atoms with Crippen LogP contribution in [0.5, 0.6) is 0 Å². The molecule has 0 unspecified atom stereocenters. The van der Waals surface area contributed by atoms with Gasteiger partial charge in [-0.15, -0.1) is 0 Å². The fourth-order valence-corrected chi connectivity index (χ4v) is 5.66. The van der Waals surface area contributed by atoms with Crippen LogP contribution in [0.4, 0.5) is 5.69 Å². The monoisotopic (exact) mass is 433 g/mol. The molecule has 0 radical (unpaired) electrons. The Balaban J connectivity index is 1.33. The highest BCUT2D eigenvalue weighted by atomic mass is 16.7. The van der Waals surface area contributed by atoms with Gasteiger partial charge >= 0.3 is 0 Å². The van der Waals surface area contributed by atoms with E-state index in [0.29, 0.717) is 25.0 Å². The van der Waals surface area contributed by atoms with Crippen molar-refractivity contribution in [3.05, 3.63) is 65.7 Å². The van der Waals surface area contributed by atoms with E-state index < -0.39 is 0 Å². The fraction of sp³-hybridized carbons (Fsp3) is 0.519. The van der Waals surface area contributed by atoms with Crippen LogP contribution in [-0.4, -0.2) is 55.2 Å². The Morgan fingerprint density at radius 1 is 1.00 bits per heavy atom. The summed E-state index contributed by atoms with van der Waals surface area (Å²) in [6.45, 7) is 3.79. The second-order valence-electron chi connectivity index (χ2n) is 9.59. The number of nitrogens with zero attached hydrogens (tertiary/aromatic N) is 3. The second-order valence-corrected chi connectivity index (χ2v) is 9.59. The minimum absolute atomic E-state index is 0.110. The summed E-state index contributed by atoms with van der Waals surface area (Å²) in [5.74, 6) is 0.650. The average Bonchev–Trinajstić information content (AvgIpc) is 3.23. The molecule has 0 aromatic heterocycles. The summed E-state index contributed by atoms with van der Waals surface area (Å²) >= 11 is 0. The van der Waals surface area contributed by atoms with Crippen LogP contribution in [0.1, 0.15) is 49.3 Å². The summed E-state index contributed by atoms with van der Waals surface area (Å²) in [6, 6.07) is 19.8. The standard InChI is InChI=1S/C27H35N3O2/c1-28-25-18-26(22-11-13-24(14-12-22)29-16-6-3-7-17-29)30(19-23(25)20-32-28)27(31)15-10-21-8-4-2-5-9-21/h2,4-5,8-9,11-14,23,25-26H,3,6-7,10,15-20H2,1H3/t23-,25-,26-/m0/s1. The lowest BCUT2D eigenvalue weighted by molar-refractivity contribution is -0.139. The maximum absolute atomic E-state index is 13.4.